The van der Waals surface area contributed by atoms with Crippen LogP contribution in [0.3, 0.4) is 0 Å². The number of nitrogens with zero attached hydrogens (tertiary/aromatic N) is 3. The summed E-state index contributed by atoms with van der Waals surface area (Å²) in [4.78, 5) is 28.5. The number of imidazole rings is 1. The van der Waals surface area contributed by atoms with E-state index in [4.69, 9.17) is 4.74 Å². The van der Waals surface area contributed by atoms with Crippen LogP contribution in [0.4, 0.5) is 4.79 Å². The van der Waals surface area contributed by atoms with Crippen LogP contribution in [-0.2, 0) is 16.1 Å². The van der Waals surface area contributed by atoms with Crippen molar-refractivity contribution in [3.8, 4) is 0 Å². The number of hydrogen-bond acceptors (Lipinski definition) is 4. The highest BCUT2D eigenvalue weighted by molar-refractivity contribution is 5.74. The summed E-state index contributed by atoms with van der Waals surface area (Å²) in [7, 11) is 1.54. The molecule has 0 aliphatic rings. The van der Waals surface area contributed by atoms with Crippen molar-refractivity contribution in [3.63, 3.8) is 0 Å². The van der Waals surface area contributed by atoms with E-state index >= 15 is 0 Å². The van der Waals surface area contributed by atoms with E-state index in [1.807, 2.05) is 11.5 Å². The van der Waals surface area contributed by atoms with E-state index in [-0.39, 0.29) is 0 Å². The number of carbonyl (C=O) groups is 2. The molecule has 0 spiro atoms. The number of likely N-dealkylation sites (N-methyl/N-ethyl adjacent to an activating group) is 1. The molecule has 0 aliphatic carbocycles. The first-order chi connectivity index (χ1) is 8.80. The summed E-state index contributed by atoms with van der Waals surface area (Å²) in [5.41, 5.74) is 0.0786. The number of hydrogen-bond donors (Lipinski definition) is 0. The first-order valence-corrected chi connectivity index (χ1v) is 6.21. The van der Waals surface area contributed by atoms with Crippen LogP contribution in [-0.4, -0.2) is 39.5 Å². The number of ether oxygens (including phenoxy) is 1. The van der Waals surface area contributed by atoms with Crippen molar-refractivity contribution < 1.29 is 14.3 Å². The number of rotatable bonds is 4. The predicted octanol–water partition coefficient (Wildman–Crippen LogP) is 2.01. The largest absolute Gasteiger partial charge is 0.444 e. The lowest BCUT2D eigenvalue weighted by molar-refractivity contribution is -0.112. The molecule has 106 valence electrons. The second-order valence-corrected chi connectivity index (χ2v) is 5.28. The summed E-state index contributed by atoms with van der Waals surface area (Å²) in [5.74, 6) is 0. The van der Waals surface area contributed by atoms with Gasteiger partial charge in [0.1, 0.15) is 17.9 Å². The van der Waals surface area contributed by atoms with Crippen molar-refractivity contribution in [2.75, 3.05) is 7.05 Å². The molecule has 0 aliphatic heterocycles. The van der Waals surface area contributed by atoms with Crippen LogP contribution in [0.2, 0.25) is 0 Å². The summed E-state index contributed by atoms with van der Waals surface area (Å²) >= 11 is 0. The highest BCUT2D eigenvalue weighted by atomic mass is 16.6. The van der Waals surface area contributed by atoms with Crippen LogP contribution in [0, 0.1) is 0 Å². The number of aromatic nitrogens is 2. The van der Waals surface area contributed by atoms with Gasteiger partial charge in [0.2, 0.25) is 0 Å². The highest BCUT2D eigenvalue weighted by Crippen LogP contribution is 2.19. The fourth-order valence-corrected chi connectivity index (χ4v) is 1.65. The number of carbonyl (C=O) groups excluding carboxylic acids is 2. The third-order valence-electron chi connectivity index (χ3n) is 2.62. The van der Waals surface area contributed by atoms with Crippen LogP contribution in [0.1, 0.15) is 39.4 Å². The monoisotopic (exact) mass is 267 g/mol. The van der Waals surface area contributed by atoms with Gasteiger partial charge in [-0.3, -0.25) is 4.90 Å². The van der Waals surface area contributed by atoms with Crippen molar-refractivity contribution in [2.24, 2.45) is 0 Å². The van der Waals surface area contributed by atoms with E-state index in [0.29, 0.717) is 18.5 Å². The maximum absolute atomic E-state index is 12.0. The molecule has 1 unspecified atom stereocenters. The molecular formula is C13H21N3O3. The lowest BCUT2D eigenvalue weighted by Crippen LogP contribution is -2.37. The van der Waals surface area contributed by atoms with Gasteiger partial charge in [-0.25, -0.2) is 9.78 Å². The zero-order valence-corrected chi connectivity index (χ0v) is 12.1. The van der Waals surface area contributed by atoms with Gasteiger partial charge in [-0.2, -0.15) is 0 Å². The van der Waals surface area contributed by atoms with Crippen molar-refractivity contribution in [1.29, 1.82) is 0 Å². The Labute approximate surface area is 113 Å². The van der Waals surface area contributed by atoms with Crippen LogP contribution in [0.5, 0.6) is 0 Å². The molecule has 1 heterocycles. The highest BCUT2D eigenvalue weighted by Gasteiger charge is 2.27. The van der Waals surface area contributed by atoms with Crippen LogP contribution >= 0.6 is 0 Å². The van der Waals surface area contributed by atoms with Gasteiger partial charge in [0.05, 0.1) is 18.2 Å². The molecule has 0 aromatic carbocycles. The molecule has 1 aromatic rings. The zero-order chi connectivity index (χ0) is 14.6. The molecular weight excluding hydrogens is 246 g/mol. The SMILES string of the molecule is CCn1cncc1C(C=O)N(C)C(=O)OC(C)(C)C. The Morgan fingerprint density at radius 3 is 2.68 bits per heavy atom. The molecule has 0 N–H and O–H groups in total. The summed E-state index contributed by atoms with van der Waals surface area (Å²) in [6.07, 6.45) is 3.40. The smallest absolute Gasteiger partial charge is 0.410 e. The number of amides is 1. The van der Waals surface area contributed by atoms with Gasteiger partial charge in [0, 0.05) is 13.6 Å². The van der Waals surface area contributed by atoms with Gasteiger partial charge in [0.25, 0.3) is 0 Å². The van der Waals surface area contributed by atoms with Gasteiger partial charge in [0.15, 0.2) is 0 Å². The van der Waals surface area contributed by atoms with Gasteiger partial charge < -0.3 is 14.1 Å². The molecule has 0 fully saturated rings. The first-order valence-electron chi connectivity index (χ1n) is 6.21. The Morgan fingerprint density at radius 1 is 1.58 bits per heavy atom. The average molecular weight is 267 g/mol. The molecule has 6 nitrogen and oxygen atoms in total. The van der Waals surface area contributed by atoms with Crippen molar-refractivity contribution in [1.82, 2.24) is 14.5 Å². The quantitative estimate of drug-likeness (QED) is 0.783. The van der Waals surface area contributed by atoms with Crippen LogP contribution in [0.25, 0.3) is 0 Å². The lowest BCUT2D eigenvalue weighted by atomic mass is 10.2. The summed E-state index contributed by atoms with van der Waals surface area (Å²) in [6, 6.07) is -0.697. The predicted molar refractivity (Wildman–Crippen MR) is 70.7 cm³/mol. The summed E-state index contributed by atoms with van der Waals surface area (Å²) in [5, 5.41) is 0. The Hall–Kier alpha value is -1.85. The molecule has 6 heteroatoms. The third-order valence-corrected chi connectivity index (χ3v) is 2.62. The minimum absolute atomic E-state index is 0.534. The Bertz CT molecular complexity index is 448. The Kier molecular flexibility index (Phi) is 4.69. The molecule has 1 aromatic heterocycles. The minimum atomic E-state index is -0.697. The van der Waals surface area contributed by atoms with E-state index in [1.54, 1.807) is 40.3 Å². The Balaban J connectivity index is 2.91. The second kappa shape index (κ2) is 5.86. The lowest BCUT2D eigenvalue weighted by Gasteiger charge is -2.28. The topological polar surface area (TPSA) is 64.4 Å². The van der Waals surface area contributed by atoms with Crippen molar-refractivity contribution in [2.45, 2.75) is 45.9 Å². The molecule has 1 amide bonds. The fraction of sp³-hybridized carbons (Fsp3) is 0.615. The normalized spacial score (nSPS) is 12.9. The fourth-order valence-electron chi connectivity index (χ4n) is 1.65. The summed E-state index contributed by atoms with van der Waals surface area (Å²) < 4.78 is 7.07. The summed E-state index contributed by atoms with van der Waals surface area (Å²) in [6.45, 7) is 7.98. The van der Waals surface area contributed by atoms with Gasteiger partial charge >= 0.3 is 6.09 Å². The zero-order valence-electron chi connectivity index (χ0n) is 12.1. The van der Waals surface area contributed by atoms with E-state index < -0.39 is 17.7 Å². The maximum Gasteiger partial charge on any atom is 0.410 e. The number of aryl methyl sites for hydroxylation is 1. The van der Waals surface area contributed by atoms with Crippen molar-refractivity contribution in [3.05, 3.63) is 18.2 Å². The molecule has 19 heavy (non-hydrogen) atoms. The minimum Gasteiger partial charge on any atom is -0.444 e. The number of aldehydes is 1. The van der Waals surface area contributed by atoms with Gasteiger partial charge in [-0.15, -0.1) is 0 Å². The average Bonchev–Trinajstić information content (AvgIpc) is 2.75. The molecule has 0 bridgehead atoms. The van der Waals surface area contributed by atoms with E-state index in [2.05, 4.69) is 4.98 Å². The van der Waals surface area contributed by atoms with Crippen LogP contribution in [0.15, 0.2) is 12.5 Å². The molecule has 1 rings (SSSR count). The first kappa shape index (κ1) is 15.2. The third kappa shape index (κ3) is 3.81. The van der Waals surface area contributed by atoms with Crippen LogP contribution < -0.4 is 0 Å². The molecule has 1 atom stereocenters. The standard InChI is InChI=1S/C13H21N3O3/c1-6-16-9-14-7-10(16)11(8-17)15(5)12(18)19-13(2,3)4/h7-9,11H,6H2,1-5H3. The van der Waals surface area contributed by atoms with Gasteiger partial charge in [-0.05, 0) is 27.7 Å². The molecule has 0 saturated carbocycles. The van der Waals surface area contributed by atoms with E-state index in [9.17, 15) is 9.59 Å². The molecule has 0 saturated heterocycles. The van der Waals surface area contributed by atoms with E-state index in [1.165, 1.54) is 4.90 Å². The van der Waals surface area contributed by atoms with Gasteiger partial charge in [-0.1, -0.05) is 0 Å². The van der Waals surface area contributed by atoms with E-state index in [0.717, 1.165) is 0 Å². The Morgan fingerprint density at radius 2 is 2.21 bits per heavy atom. The second-order valence-electron chi connectivity index (χ2n) is 5.28. The van der Waals surface area contributed by atoms with Crippen molar-refractivity contribution >= 4 is 12.4 Å². The maximum atomic E-state index is 12.0. The molecule has 0 radical (unpaired) electrons.